The third-order valence-electron chi connectivity index (χ3n) is 7.42. The van der Waals surface area contributed by atoms with Gasteiger partial charge >= 0.3 is 0 Å². The molecule has 4 heteroatoms. The van der Waals surface area contributed by atoms with E-state index in [1.165, 1.54) is 0 Å². The molecule has 0 saturated carbocycles. The molecule has 5 aromatic rings. The molecular weight excluding hydrogens is 532 g/mol. The van der Waals surface area contributed by atoms with Gasteiger partial charge < -0.3 is 18.9 Å². The molecule has 0 spiro atoms. The summed E-state index contributed by atoms with van der Waals surface area (Å²) >= 11 is 0. The Kier molecular flexibility index (Phi) is 11.7. The van der Waals surface area contributed by atoms with Crippen LogP contribution in [-0.4, -0.2) is 32.5 Å². The Morgan fingerprint density at radius 2 is 0.837 bits per heavy atom. The van der Waals surface area contributed by atoms with Gasteiger partial charge in [0, 0.05) is 6.61 Å². The molecule has 0 aliphatic rings. The maximum atomic E-state index is 7.07. The van der Waals surface area contributed by atoms with Crippen molar-refractivity contribution in [3.63, 3.8) is 0 Å². The molecule has 4 nitrogen and oxygen atoms in total. The van der Waals surface area contributed by atoms with Crippen molar-refractivity contribution in [2.75, 3.05) is 26.4 Å². The zero-order valence-electron chi connectivity index (χ0n) is 24.6. The normalized spacial score (nSPS) is 12.2. The quantitative estimate of drug-likeness (QED) is 0.0831. The maximum absolute atomic E-state index is 7.07. The molecule has 0 bridgehead atoms. The Hall–Kier alpha value is -4.06. The first-order valence-electron chi connectivity index (χ1n) is 15.0. The van der Waals surface area contributed by atoms with E-state index in [2.05, 4.69) is 97.1 Å². The van der Waals surface area contributed by atoms with Crippen molar-refractivity contribution in [1.29, 1.82) is 0 Å². The predicted octanol–water partition coefficient (Wildman–Crippen LogP) is 8.20. The van der Waals surface area contributed by atoms with Gasteiger partial charge in [0.1, 0.15) is 5.60 Å². The summed E-state index contributed by atoms with van der Waals surface area (Å²) in [5, 5.41) is 0. The molecule has 0 saturated heterocycles. The van der Waals surface area contributed by atoms with Gasteiger partial charge in [-0.25, -0.2) is 0 Å². The molecule has 1 atom stereocenters. The highest BCUT2D eigenvalue weighted by Gasteiger charge is 2.38. The second-order valence-electron chi connectivity index (χ2n) is 10.4. The van der Waals surface area contributed by atoms with Gasteiger partial charge in [-0.05, 0) is 34.2 Å². The van der Waals surface area contributed by atoms with E-state index in [9.17, 15) is 0 Å². The zero-order valence-corrected chi connectivity index (χ0v) is 24.6. The van der Waals surface area contributed by atoms with E-state index >= 15 is 0 Å². The summed E-state index contributed by atoms with van der Waals surface area (Å²) in [5.41, 5.74) is 4.70. The third kappa shape index (κ3) is 8.73. The molecule has 0 N–H and O–H groups in total. The standard InChI is InChI=1S/C39H40O4/c1-6-16-33(17-7-1)30-40-27-26-38(42-29-28-41-31-34-18-8-2-9-19-34)32-43-39(35-20-10-3-11-21-35,36-22-12-4-13-23-36)37-24-14-5-15-25-37/h1-25,38H,26-32H2. The summed E-state index contributed by atoms with van der Waals surface area (Å²) in [7, 11) is 0. The molecule has 43 heavy (non-hydrogen) atoms. The molecule has 0 aromatic heterocycles. The average Bonchev–Trinajstić information content (AvgIpc) is 3.09. The van der Waals surface area contributed by atoms with Gasteiger partial charge in [0.25, 0.3) is 0 Å². The fourth-order valence-electron chi connectivity index (χ4n) is 5.22. The molecule has 5 aromatic carbocycles. The van der Waals surface area contributed by atoms with Crippen molar-refractivity contribution < 1.29 is 18.9 Å². The molecule has 0 radical (unpaired) electrons. The van der Waals surface area contributed by atoms with E-state index in [1.54, 1.807) is 0 Å². The van der Waals surface area contributed by atoms with Crippen LogP contribution in [0.2, 0.25) is 0 Å². The highest BCUT2D eigenvalue weighted by Crippen LogP contribution is 2.40. The first-order chi connectivity index (χ1) is 21.3. The Bertz CT molecular complexity index is 1330. The van der Waals surface area contributed by atoms with Crippen LogP contribution < -0.4 is 0 Å². The Morgan fingerprint density at radius 3 is 1.28 bits per heavy atom. The SMILES string of the molecule is c1ccc(COCCOC(CCOCc2ccccc2)COC(c2ccccc2)(c2ccccc2)c2ccccc2)cc1. The van der Waals surface area contributed by atoms with Crippen molar-refractivity contribution in [1.82, 2.24) is 0 Å². The van der Waals surface area contributed by atoms with Crippen LogP contribution in [0.4, 0.5) is 0 Å². The van der Waals surface area contributed by atoms with E-state index in [4.69, 9.17) is 18.9 Å². The largest absolute Gasteiger partial charge is 0.377 e. The van der Waals surface area contributed by atoms with Crippen molar-refractivity contribution >= 4 is 0 Å². The lowest BCUT2D eigenvalue weighted by atomic mass is 9.80. The van der Waals surface area contributed by atoms with Gasteiger partial charge in [-0.15, -0.1) is 0 Å². The van der Waals surface area contributed by atoms with Gasteiger partial charge in [0.2, 0.25) is 0 Å². The minimum Gasteiger partial charge on any atom is -0.377 e. The van der Waals surface area contributed by atoms with Crippen LogP contribution in [0.15, 0.2) is 152 Å². The van der Waals surface area contributed by atoms with Crippen molar-refractivity contribution in [2.45, 2.75) is 31.3 Å². The summed E-state index contributed by atoms with van der Waals surface area (Å²) in [6.45, 7) is 3.03. The summed E-state index contributed by atoms with van der Waals surface area (Å²) < 4.78 is 25.4. The van der Waals surface area contributed by atoms with Crippen molar-refractivity contribution in [3.05, 3.63) is 179 Å². The predicted molar refractivity (Wildman–Crippen MR) is 172 cm³/mol. The average molecular weight is 573 g/mol. The van der Waals surface area contributed by atoms with Crippen molar-refractivity contribution in [2.24, 2.45) is 0 Å². The van der Waals surface area contributed by atoms with Crippen LogP contribution in [0.1, 0.15) is 34.2 Å². The second-order valence-corrected chi connectivity index (χ2v) is 10.4. The second kappa shape index (κ2) is 16.5. The molecular formula is C39H40O4. The number of rotatable bonds is 17. The van der Waals surface area contributed by atoms with Crippen LogP contribution >= 0.6 is 0 Å². The first-order valence-corrected chi connectivity index (χ1v) is 15.0. The summed E-state index contributed by atoms with van der Waals surface area (Å²) in [4.78, 5) is 0. The Balaban J connectivity index is 1.31. The summed E-state index contributed by atoms with van der Waals surface area (Å²) in [6, 6.07) is 51.7. The van der Waals surface area contributed by atoms with Crippen LogP contribution in [0.25, 0.3) is 0 Å². The van der Waals surface area contributed by atoms with Gasteiger partial charge in [0.15, 0.2) is 0 Å². The van der Waals surface area contributed by atoms with E-state index in [-0.39, 0.29) is 6.10 Å². The monoisotopic (exact) mass is 572 g/mol. The van der Waals surface area contributed by atoms with E-state index in [0.717, 1.165) is 27.8 Å². The molecule has 220 valence electrons. The molecule has 0 aliphatic carbocycles. The van der Waals surface area contributed by atoms with Gasteiger partial charge in [-0.3, -0.25) is 0 Å². The zero-order chi connectivity index (χ0) is 29.4. The Labute approximate surface area is 255 Å². The molecule has 0 fully saturated rings. The molecule has 1 unspecified atom stereocenters. The topological polar surface area (TPSA) is 36.9 Å². The highest BCUT2D eigenvalue weighted by molar-refractivity contribution is 5.47. The fourth-order valence-corrected chi connectivity index (χ4v) is 5.22. The van der Waals surface area contributed by atoms with Crippen LogP contribution in [0, 0.1) is 0 Å². The van der Waals surface area contributed by atoms with Crippen LogP contribution in [0.3, 0.4) is 0 Å². The number of hydrogen-bond acceptors (Lipinski definition) is 4. The lowest BCUT2D eigenvalue weighted by molar-refractivity contribution is -0.0847. The summed E-state index contributed by atoms with van der Waals surface area (Å²) in [5.74, 6) is 0. The number of ether oxygens (including phenoxy) is 4. The van der Waals surface area contributed by atoms with Crippen molar-refractivity contribution in [3.8, 4) is 0 Å². The van der Waals surface area contributed by atoms with Crippen LogP contribution in [0.5, 0.6) is 0 Å². The fraction of sp³-hybridized carbons (Fsp3) is 0.231. The maximum Gasteiger partial charge on any atom is 0.143 e. The van der Waals surface area contributed by atoms with Gasteiger partial charge in [0.05, 0.1) is 39.1 Å². The number of benzene rings is 5. The third-order valence-corrected chi connectivity index (χ3v) is 7.42. The highest BCUT2D eigenvalue weighted by atomic mass is 16.6. The van der Waals surface area contributed by atoms with Gasteiger partial charge in [-0.2, -0.15) is 0 Å². The van der Waals surface area contributed by atoms with E-state index in [0.29, 0.717) is 46.1 Å². The number of hydrogen-bond donors (Lipinski definition) is 0. The first kappa shape index (κ1) is 30.4. The Morgan fingerprint density at radius 1 is 0.442 bits per heavy atom. The molecule has 0 aliphatic heterocycles. The van der Waals surface area contributed by atoms with E-state index in [1.807, 2.05) is 54.6 Å². The minimum absolute atomic E-state index is 0.188. The molecule has 0 amide bonds. The molecule has 0 heterocycles. The summed E-state index contributed by atoms with van der Waals surface area (Å²) in [6.07, 6.45) is 0.506. The smallest absolute Gasteiger partial charge is 0.143 e. The van der Waals surface area contributed by atoms with E-state index < -0.39 is 5.60 Å². The van der Waals surface area contributed by atoms with Crippen LogP contribution in [-0.2, 0) is 37.8 Å². The lowest BCUT2D eigenvalue weighted by Gasteiger charge is -2.37. The molecule has 5 rings (SSSR count). The van der Waals surface area contributed by atoms with Gasteiger partial charge in [-0.1, -0.05) is 152 Å². The minimum atomic E-state index is -0.805. The lowest BCUT2D eigenvalue weighted by Crippen LogP contribution is -2.37.